The van der Waals surface area contributed by atoms with E-state index in [1.807, 2.05) is 6.92 Å². The zero-order chi connectivity index (χ0) is 20.7. The fourth-order valence-corrected chi connectivity index (χ4v) is 4.05. The van der Waals surface area contributed by atoms with Crippen LogP contribution in [0.15, 0.2) is 11.3 Å². The Balaban J connectivity index is 1.88. The van der Waals surface area contributed by atoms with Crippen LogP contribution in [-0.2, 0) is 33.4 Å². The van der Waals surface area contributed by atoms with Crippen molar-refractivity contribution < 1.29 is 38.5 Å². The maximum absolute atomic E-state index is 12.4. The van der Waals surface area contributed by atoms with Crippen molar-refractivity contribution in [1.29, 1.82) is 0 Å². The number of carbonyl (C=O) groups excluding carboxylic acids is 3. The summed E-state index contributed by atoms with van der Waals surface area (Å²) >= 11 is 1.30. The van der Waals surface area contributed by atoms with Crippen LogP contribution in [0.5, 0.6) is 0 Å². The molecule has 156 valence electrons. The van der Waals surface area contributed by atoms with Gasteiger partial charge in [0.25, 0.3) is 5.91 Å². The molecule has 2 aliphatic rings. The maximum atomic E-state index is 12.4. The number of nitrogens with one attached hydrogen (secondary N) is 1. The van der Waals surface area contributed by atoms with Crippen molar-refractivity contribution in [3.63, 3.8) is 0 Å². The largest absolute Gasteiger partial charge is 0.477 e. The third-order valence-electron chi connectivity index (χ3n) is 3.97. The summed E-state index contributed by atoms with van der Waals surface area (Å²) in [7, 11) is 0. The molecule has 0 aromatic carbocycles. The lowest BCUT2D eigenvalue weighted by Gasteiger charge is -2.49. The quantitative estimate of drug-likeness (QED) is 0.265. The van der Waals surface area contributed by atoms with E-state index < -0.39 is 35.2 Å². The smallest absolute Gasteiger partial charge is 0.352 e. The van der Waals surface area contributed by atoms with Gasteiger partial charge in [0.05, 0.1) is 13.2 Å². The molecule has 0 saturated carbocycles. The summed E-state index contributed by atoms with van der Waals surface area (Å²) in [5, 5.41) is 11.5. The van der Waals surface area contributed by atoms with Gasteiger partial charge >= 0.3 is 11.9 Å². The number of hydrogen-bond donors (Lipinski definition) is 2. The zero-order valence-electron chi connectivity index (χ0n) is 15.8. The Kier molecular flexibility index (Phi) is 8.27. The highest BCUT2D eigenvalue weighted by Gasteiger charge is 2.54. The molecule has 28 heavy (non-hydrogen) atoms. The fraction of sp³-hybridized carbons (Fsp3) is 0.647. The van der Waals surface area contributed by atoms with Crippen molar-refractivity contribution in [2.75, 3.05) is 38.8 Å². The Morgan fingerprint density at radius 2 is 1.96 bits per heavy atom. The van der Waals surface area contributed by atoms with Crippen LogP contribution in [0.25, 0.3) is 0 Å². The number of esters is 1. The monoisotopic (exact) mass is 416 g/mol. The molecule has 0 bridgehead atoms. The van der Waals surface area contributed by atoms with Crippen LogP contribution in [0, 0.1) is 0 Å². The molecule has 11 heteroatoms. The van der Waals surface area contributed by atoms with Crippen LogP contribution in [0.1, 0.15) is 20.3 Å². The van der Waals surface area contributed by atoms with Gasteiger partial charge in [-0.1, -0.05) is 6.92 Å². The minimum absolute atomic E-state index is 0.189. The fourth-order valence-electron chi connectivity index (χ4n) is 2.73. The Morgan fingerprint density at radius 3 is 2.61 bits per heavy atom. The number of β-lactam (4-membered cyclic amide) rings is 1. The maximum Gasteiger partial charge on any atom is 0.352 e. The van der Waals surface area contributed by atoms with Crippen LogP contribution in [0.3, 0.4) is 0 Å². The number of nitrogens with zero attached hydrogens (tertiary/aromatic N) is 1. The van der Waals surface area contributed by atoms with Gasteiger partial charge in [0.1, 0.15) is 30.3 Å². The van der Waals surface area contributed by atoms with E-state index >= 15 is 0 Å². The normalized spacial score (nSPS) is 21.1. The third kappa shape index (κ3) is 5.46. The van der Waals surface area contributed by atoms with Gasteiger partial charge in [0.15, 0.2) is 0 Å². The summed E-state index contributed by atoms with van der Waals surface area (Å²) in [6.45, 7) is 4.08. The molecule has 1 unspecified atom stereocenters. The van der Waals surface area contributed by atoms with E-state index in [1.165, 1.54) is 18.7 Å². The highest BCUT2D eigenvalue weighted by atomic mass is 32.2. The molecule has 1 fully saturated rings. The first-order chi connectivity index (χ1) is 13.4. The first kappa shape index (κ1) is 22.2. The molecule has 2 aliphatic heterocycles. The predicted octanol–water partition coefficient (Wildman–Crippen LogP) is -0.269. The zero-order valence-corrected chi connectivity index (χ0v) is 16.6. The molecule has 0 aromatic heterocycles. The summed E-state index contributed by atoms with van der Waals surface area (Å²) in [5.74, 6) is -2.51. The minimum atomic E-state index is -1.28. The third-order valence-corrected chi connectivity index (χ3v) is 5.31. The van der Waals surface area contributed by atoms with E-state index in [2.05, 4.69) is 5.32 Å². The van der Waals surface area contributed by atoms with E-state index in [0.717, 1.165) is 11.3 Å². The average Bonchev–Trinajstić information content (AvgIpc) is 2.66. The number of thioether (sulfide) groups is 1. The number of hydrogen-bond acceptors (Lipinski definition) is 8. The van der Waals surface area contributed by atoms with Crippen LogP contribution in [-0.4, -0.2) is 84.0 Å². The molecule has 2 atom stereocenters. The predicted molar refractivity (Wildman–Crippen MR) is 98.2 cm³/mol. The molecule has 0 radical (unpaired) electrons. The summed E-state index contributed by atoms with van der Waals surface area (Å²) in [6, 6.07) is -0.818. The Labute approximate surface area is 166 Å². The molecule has 10 nitrogen and oxygen atoms in total. The molecule has 2 rings (SSSR count). The lowest BCUT2D eigenvalue weighted by atomic mass is 10.0. The van der Waals surface area contributed by atoms with Crippen LogP contribution in [0.2, 0.25) is 0 Å². The van der Waals surface area contributed by atoms with E-state index in [9.17, 15) is 24.3 Å². The van der Waals surface area contributed by atoms with Crippen LogP contribution in [0.4, 0.5) is 0 Å². The molecule has 0 aliphatic carbocycles. The van der Waals surface area contributed by atoms with Crippen LogP contribution < -0.4 is 5.32 Å². The summed E-state index contributed by atoms with van der Waals surface area (Å²) < 4.78 is 15.3. The van der Waals surface area contributed by atoms with Gasteiger partial charge in [0.2, 0.25) is 5.91 Å². The summed E-state index contributed by atoms with van der Waals surface area (Å²) in [5.41, 5.74) is 0.155. The van der Waals surface area contributed by atoms with Gasteiger partial charge in [0, 0.05) is 24.9 Å². The second-order valence-electron chi connectivity index (χ2n) is 6.16. The van der Waals surface area contributed by atoms with Gasteiger partial charge in [-0.15, -0.1) is 11.8 Å². The molecule has 2 amide bonds. The molecule has 0 spiro atoms. The molecular formula is C17H24N2O8S. The first-order valence-electron chi connectivity index (χ1n) is 8.85. The summed E-state index contributed by atoms with van der Waals surface area (Å²) in [6.07, 6.45) is 0.898. The lowest BCUT2D eigenvalue weighted by Crippen LogP contribution is -2.70. The lowest BCUT2D eigenvalue weighted by molar-refractivity contribution is -0.151. The number of rotatable bonds is 11. The summed E-state index contributed by atoms with van der Waals surface area (Å²) in [4.78, 5) is 48.1. The standard InChI is InChI=1S/C17H24N2O8S/c1-3-4-25-5-6-26-8-12(21)18-13-15(22)19-14(17(23)24)11(7-27-10(2)20)9-28-16(13)19/h13,16H,3-9H2,1-2H3,(H,18,21)(H,23,24)/t13-,16?/m1/s1. The minimum Gasteiger partial charge on any atom is -0.477 e. The number of amides is 2. The number of carboxylic acid groups (broad SMARTS) is 1. The van der Waals surface area contributed by atoms with E-state index in [1.54, 1.807) is 0 Å². The average molecular weight is 416 g/mol. The number of aliphatic carboxylic acids is 1. The Bertz CT molecular complexity index is 666. The van der Waals surface area contributed by atoms with Crippen LogP contribution >= 0.6 is 11.8 Å². The Hall–Kier alpha value is -2.11. The first-order valence-corrected chi connectivity index (χ1v) is 9.89. The molecular weight excluding hydrogens is 392 g/mol. The SMILES string of the molecule is CCCOCCOCC(=O)N[C@@H]1C(=O)N2C(C(=O)O)=C(COC(C)=O)CSC12. The molecule has 0 aromatic rings. The number of carbonyl (C=O) groups is 4. The van der Waals surface area contributed by atoms with E-state index in [4.69, 9.17) is 14.2 Å². The second kappa shape index (κ2) is 10.4. The Morgan fingerprint density at radius 1 is 1.25 bits per heavy atom. The molecule has 2 N–H and O–H groups in total. The van der Waals surface area contributed by atoms with Gasteiger partial charge in [-0.2, -0.15) is 0 Å². The van der Waals surface area contributed by atoms with Crippen molar-refractivity contribution in [3.8, 4) is 0 Å². The van der Waals surface area contributed by atoms with Crippen molar-refractivity contribution in [2.45, 2.75) is 31.7 Å². The topological polar surface area (TPSA) is 131 Å². The number of ether oxygens (including phenoxy) is 3. The molecule has 1 saturated heterocycles. The van der Waals surface area contributed by atoms with Gasteiger partial charge < -0.3 is 24.6 Å². The number of carboxylic acids is 1. The molecule has 2 heterocycles. The van der Waals surface area contributed by atoms with Crippen molar-refractivity contribution in [1.82, 2.24) is 10.2 Å². The van der Waals surface area contributed by atoms with E-state index in [-0.39, 0.29) is 31.3 Å². The van der Waals surface area contributed by atoms with E-state index in [0.29, 0.717) is 18.8 Å². The highest BCUT2D eigenvalue weighted by Crippen LogP contribution is 2.40. The van der Waals surface area contributed by atoms with Gasteiger partial charge in [-0.3, -0.25) is 19.3 Å². The van der Waals surface area contributed by atoms with Crippen molar-refractivity contribution in [2.24, 2.45) is 0 Å². The van der Waals surface area contributed by atoms with Crippen molar-refractivity contribution in [3.05, 3.63) is 11.3 Å². The van der Waals surface area contributed by atoms with Crippen molar-refractivity contribution >= 4 is 35.5 Å². The van der Waals surface area contributed by atoms with Gasteiger partial charge in [-0.05, 0) is 6.42 Å². The highest BCUT2D eigenvalue weighted by molar-refractivity contribution is 8.00. The number of fused-ring (bicyclic) bond motifs is 1. The van der Waals surface area contributed by atoms with Gasteiger partial charge in [-0.25, -0.2) is 4.79 Å². The second-order valence-corrected chi connectivity index (χ2v) is 7.26.